The lowest BCUT2D eigenvalue weighted by molar-refractivity contribution is 0.0975. The Morgan fingerprint density at radius 3 is 2.86 bits per heavy atom. The zero-order valence-corrected chi connectivity index (χ0v) is 13.7. The van der Waals surface area contributed by atoms with Crippen LogP contribution in [0.1, 0.15) is 69.4 Å². The van der Waals surface area contributed by atoms with Crippen molar-refractivity contribution < 1.29 is 4.79 Å². The third kappa shape index (κ3) is 4.19. The number of carbonyl (C=O) groups is 1. The largest absolute Gasteiger partial charge is 0.382 e. The molecule has 0 aliphatic carbocycles. The Morgan fingerprint density at radius 2 is 2.19 bits per heavy atom. The molecule has 2 rings (SSSR count). The van der Waals surface area contributed by atoms with Gasteiger partial charge in [-0.1, -0.05) is 13.3 Å². The van der Waals surface area contributed by atoms with Crippen LogP contribution in [0.2, 0.25) is 0 Å². The van der Waals surface area contributed by atoms with Crippen molar-refractivity contribution in [3.05, 3.63) is 17.3 Å². The molecule has 116 valence electrons. The number of unbranched alkanes of at least 4 members (excludes halogenated alkanes) is 1. The molecule has 0 atom stereocenters. The van der Waals surface area contributed by atoms with E-state index in [2.05, 4.69) is 43.3 Å². The first kappa shape index (κ1) is 15.8. The second-order valence-corrected chi connectivity index (χ2v) is 6.82. The van der Waals surface area contributed by atoms with Gasteiger partial charge in [-0.3, -0.25) is 4.79 Å². The van der Waals surface area contributed by atoms with Gasteiger partial charge in [-0.15, -0.1) is 0 Å². The summed E-state index contributed by atoms with van der Waals surface area (Å²) in [5.74, 6) is 0.974. The minimum atomic E-state index is -0.0784. The van der Waals surface area contributed by atoms with Crippen LogP contribution in [0.4, 0.5) is 11.5 Å². The molecule has 0 radical (unpaired) electrons. The van der Waals surface area contributed by atoms with Gasteiger partial charge in [0, 0.05) is 18.5 Å². The van der Waals surface area contributed by atoms with E-state index in [0.29, 0.717) is 12.1 Å². The molecule has 2 heterocycles. The number of ketones is 1. The van der Waals surface area contributed by atoms with E-state index in [9.17, 15) is 4.79 Å². The van der Waals surface area contributed by atoms with Gasteiger partial charge >= 0.3 is 0 Å². The second-order valence-electron chi connectivity index (χ2n) is 6.82. The maximum atomic E-state index is 12.3. The maximum absolute atomic E-state index is 12.3. The minimum Gasteiger partial charge on any atom is -0.382 e. The molecule has 0 unspecified atom stereocenters. The van der Waals surface area contributed by atoms with Crippen molar-refractivity contribution in [2.45, 2.75) is 65.3 Å². The summed E-state index contributed by atoms with van der Waals surface area (Å²) < 4.78 is 0. The monoisotopic (exact) mass is 289 g/mol. The number of pyridine rings is 1. The molecule has 0 aromatic carbocycles. The van der Waals surface area contributed by atoms with E-state index < -0.39 is 0 Å². The smallest absolute Gasteiger partial charge is 0.181 e. The van der Waals surface area contributed by atoms with Crippen LogP contribution in [0.15, 0.2) is 6.07 Å². The molecular formula is C17H27N3O. The second kappa shape index (κ2) is 6.46. The lowest BCUT2D eigenvalue weighted by Crippen LogP contribution is -2.29. The molecule has 1 aromatic heterocycles. The molecule has 0 fully saturated rings. The number of anilines is 2. The van der Waals surface area contributed by atoms with Gasteiger partial charge < -0.3 is 10.6 Å². The third-order valence-electron chi connectivity index (χ3n) is 3.56. The standard InChI is InChI=1S/C17H27N3O/c1-5-6-9-14(21)13-11-12-8-7-10-18-15(12)16(19-13)20-17(2,3)4/h11,18H,5-10H2,1-4H3,(H,19,20). The van der Waals surface area contributed by atoms with Crippen LogP contribution in [0.3, 0.4) is 0 Å². The Balaban J connectivity index is 2.35. The molecule has 0 bridgehead atoms. The summed E-state index contributed by atoms with van der Waals surface area (Å²) in [6, 6.07) is 1.98. The Kier molecular flexibility index (Phi) is 4.86. The van der Waals surface area contributed by atoms with Crippen LogP contribution in [0, 0.1) is 0 Å². The van der Waals surface area contributed by atoms with Crippen molar-refractivity contribution in [3.8, 4) is 0 Å². The first-order valence-corrected chi connectivity index (χ1v) is 8.00. The number of aromatic nitrogens is 1. The Morgan fingerprint density at radius 1 is 1.43 bits per heavy atom. The highest BCUT2D eigenvalue weighted by Gasteiger charge is 2.21. The summed E-state index contributed by atoms with van der Waals surface area (Å²) in [4.78, 5) is 16.9. The number of fused-ring (bicyclic) bond motifs is 1. The van der Waals surface area contributed by atoms with Gasteiger partial charge in [0.2, 0.25) is 0 Å². The molecule has 0 saturated carbocycles. The predicted octanol–water partition coefficient (Wildman–Crippen LogP) is 4.02. The molecule has 4 heteroatoms. The van der Waals surface area contributed by atoms with Crippen molar-refractivity contribution in [1.29, 1.82) is 0 Å². The average Bonchev–Trinajstić information content (AvgIpc) is 2.43. The number of hydrogen-bond donors (Lipinski definition) is 2. The topological polar surface area (TPSA) is 54.0 Å². The molecule has 1 aliphatic rings. The first-order chi connectivity index (χ1) is 9.90. The van der Waals surface area contributed by atoms with E-state index >= 15 is 0 Å². The lowest BCUT2D eigenvalue weighted by atomic mass is 10.0. The normalized spacial score (nSPS) is 14.3. The van der Waals surface area contributed by atoms with E-state index in [1.54, 1.807) is 0 Å². The van der Waals surface area contributed by atoms with Crippen LogP contribution in [0.25, 0.3) is 0 Å². The fourth-order valence-corrected chi connectivity index (χ4v) is 2.54. The van der Waals surface area contributed by atoms with E-state index in [4.69, 9.17) is 0 Å². The van der Waals surface area contributed by atoms with Gasteiger partial charge in [0.25, 0.3) is 0 Å². The summed E-state index contributed by atoms with van der Waals surface area (Å²) in [6.07, 6.45) is 4.67. The highest BCUT2D eigenvalue weighted by atomic mass is 16.1. The van der Waals surface area contributed by atoms with Gasteiger partial charge in [-0.2, -0.15) is 0 Å². The summed E-state index contributed by atoms with van der Waals surface area (Å²) in [6.45, 7) is 9.39. The number of hydrogen-bond acceptors (Lipinski definition) is 4. The summed E-state index contributed by atoms with van der Waals surface area (Å²) in [5.41, 5.74) is 2.81. The molecule has 0 spiro atoms. The quantitative estimate of drug-likeness (QED) is 0.804. The van der Waals surface area contributed by atoms with Crippen LogP contribution in [-0.4, -0.2) is 22.9 Å². The SMILES string of the molecule is CCCCC(=O)c1cc2c(c(NC(C)(C)C)n1)NCCC2. The predicted molar refractivity (Wildman–Crippen MR) is 88.3 cm³/mol. The van der Waals surface area contributed by atoms with Crippen LogP contribution >= 0.6 is 0 Å². The number of Topliss-reactive ketones (excluding diaryl/α,β-unsaturated/α-hetero) is 1. The highest BCUT2D eigenvalue weighted by Crippen LogP contribution is 2.31. The van der Waals surface area contributed by atoms with Crippen LogP contribution < -0.4 is 10.6 Å². The van der Waals surface area contributed by atoms with Gasteiger partial charge in [0.15, 0.2) is 11.6 Å². The zero-order valence-electron chi connectivity index (χ0n) is 13.7. The van der Waals surface area contributed by atoms with E-state index in [1.807, 2.05) is 6.07 Å². The van der Waals surface area contributed by atoms with Crippen molar-refractivity contribution in [2.75, 3.05) is 17.2 Å². The van der Waals surface area contributed by atoms with Crippen molar-refractivity contribution in [3.63, 3.8) is 0 Å². The van der Waals surface area contributed by atoms with Crippen LogP contribution in [0.5, 0.6) is 0 Å². The van der Waals surface area contributed by atoms with Crippen LogP contribution in [-0.2, 0) is 6.42 Å². The first-order valence-electron chi connectivity index (χ1n) is 8.00. The molecule has 4 nitrogen and oxygen atoms in total. The number of rotatable bonds is 5. The fourth-order valence-electron chi connectivity index (χ4n) is 2.54. The van der Waals surface area contributed by atoms with E-state index in [-0.39, 0.29) is 11.3 Å². The molecule has 1 aromatic rings. The van der Waals surface area contributed by atoms with Crippen molar-refractivity contribution in [1.82, 2.24) is 4.98 Å². The molecule has 0 saturated heterocycles. The van der Waals surface area contributed by atoms with Crippen molar-refractivity contribution >= 4 is 17.3 Å². The van der Waals surface area contributed by atoms with Gasteiger partial charge in [0.05, 0.1) is 5.69 Å². The Labute approximate surface area is 127 Å². The van der Waals surface area contributed by atoms with E-state index in [0.717, 1.165) is 43.7 Å². The summed E-state index contributed by atoms with van der Waals surface area (Å²) in [7, 11) is 0. The minimum absolute atomic E-state index is 0.0784. The van der Waals surface area contributed by atoms with Gasteiger partial charge in [-0.05, 0) is 51.7 Å². The van der Waals surface area contributed by atoms with Gasteiger partial charge in [-0.25, -0.2) is 4.98 Å². The number of carbonyl (C=O) groups excluding carboxylic acids is 1. The number of nitrogens with one attached hydrogen (secondary N) is 2. The zero-order chi connectivity index (χ0) is 15.5. The maximum Gasteiger partial charge on any atom is 0.181 e. The highest BCUT2D eigenvalue weighted by molar-refractivity contribution is 5.95. The number of nitrogens with zero attached hydrogens (tertiary/aromatic N) is 1. The average molecular weight is 289 g/mol. The molecular weight excluding hydrogens is 262 g/mol. The number of aryl methyl sites for hydroxylation is 1. The third-order valence-corrected chi connectivity index (χ3v) is 3.56. The van der Waals surface area contributed by atoms with Crippen molar-refractivity contribution in [2.24, 2.45) is 0 Å². The molecule has 21 heavy (non-hydrogen) atoms. The fraction of sp³-hybridized carbons (Fsp3) is 0.647. The molecule has 0 amide bonds. The van der Waals surface area contributed by atoms with Gasteiger partial charge in [0.1, 0.15) is 5.69 Å². The molecule has 1 aliphatic heterocycles. The summed E-state index contributed by atoms with van der Waals surface area (Å²) >= 11 is 0. The molecule has 2 N–H and O–H groups in total. The van der Waals surface area contributed by atoms with E-state index in [1.165, 1.54) is 5.56 Å². The Hall–Kier alpha value is -1.58. The lowest BCUT2D eigenvalue weighted by Gasteiger charge is -2.27. The Bertz CT molecular complexity index is 518. The summed E-state index contributed by atoms with van der Waals surface area (Å²) in [5, 5.41) is 6.86.